The van der Waals surface area contributed by atoms with Gasteiger partial charge in [-0.05, 0) is 61.5 Å². The highest BCUT2D eigenvalue weighted by Gasteiger charge is 2.61. The molecule has 180 valence electrons. The lowest BCUT2D eigenvalue weighted by atomic mass is 9.94. The summed E-state index contributed by atoms with van der Waals surface area (Å²) in [6, 6.07) is 24.7. The molecule has 3 aromatic carbocycles. The zero-order chi connectivity index (χ0) is 25.0. The van der Waals surface area contributed by atoms with E-state index in [1.165, 1.54) is 4.90 Å². The Morgan fingerprint density at radius 3 is 2.28 bits per heavy atom. The van der Waals surface area contributed by atoms with Gasteiger partial charge in [0.15, 0.2) is 6.10 Å². The van der Waals surface area contributed by atoms with Crippen molar-refractivity contribution in [2.45, 2.75) is 19.1 Å². The zero-order valence-corrected chi connectivity index (χ0v) is 20.6. The third kappa shape index (κ3) is 3.69. The molecule has 3 heterocycles. The third-order valence-electron chi connectivity index (χ3n) is 6.53. The summed E-state index contributed by atoms with van der Waals surface area (Å²) in [5.41, 5.74) is 2.93. The molecule has 0 unspecified atom stereocenters. The van der Waals surface area contributed by atoms with Crippen molar-refractivity contribution in [3.05, 3.63) is 106 Å². The van der Waals surface area contributed by atoms with Crippen LogP contribution in [-0.4, -0.2) is 17.9 Å². The van der Waals surface area contributed by atoms with Crippen LogP contribution in [0.5, 0.6) is 0 Å². The van der Waals surface area contributed by atoms with Crippen LogP contribution >= 0.6 is 23.2 Å². The summed E-state index contributed by atoms with van der Waals surface area (Å²) < 4.78 is 6.24. The van der Waals surface area contributed by atoms with Crippen LogP contribution in [0.2, 0.25) is 10.0 Å². The van der Waals surface area contributed by atoms with Gasteiger partial charge >= 0.3 is 0 Å². The molecule has 0 N–H and O–H groups in total. The molecule has 2 aliphatic heterocycles. The van der Waals surface area contributed by atoms with E-state index in [-0.39, 0.29) is 5.91 Å². The maximum absolute atomic E-state index is 13.7. The first-order valence-corrected chi connectivity index (χ1v) is 12.2. The van der Waals surface area contributed by atoms with Crippen LogP contribution in [0.25, 0.3) is 11.3 Å². The molecular weight excluding hydrogens is 499 g/mol. The number of rotatable bonds is 4. The molecule has 6 rings (SSSR count). The standard InChI is InChI=1S/C28H20Cl2N2O4/c1-16-7-10-18(11-8-16)31-27(33)24-25(32(36-26(24)28(31)34)19-5-3-2-4-6-19)23-14-13-22(35-23)20-12-9-17(29)15-21(20)30/h2-15,24-26H,1H3/t24-,25-,26-/m0/s1. The highest BCUT2D eigenvalue weighted by atomic mass is 35.5. The molecular formula is C28H20Cl2N2O4. The van der Waals surface area contributed by atoms with Crippen LogP contribution in [0.15, 0.2) is 89.3 Å². The Hall–Kier alpha value is -3.58. The molecule has 2 amide bonds. The molecule has 0 saturated carbocycles. The number of imide groups is 1. The minimum absolute atomic E-state index is 0.334. The van der Waals surface area contributed by atoms with Crippen molar-refractivity contribution < 1.29 is 18.8 Å². The van der Waals surface area contributed by atoms with Crippen LogP contribution in [0, 0.1) is 12.8 Å². The van der Waals surface area contributed by atoms with Gasteiger partial charge in [0.25, 0.3) is 5.91 Å². The lowest BCUT2D eigenvalue weighted by Crippen LogP contribution is -2.37. The van der Waals surface area contributed by atoms with Crippen LogP contribution in [-0.2, 0) is 14.4 Å². The van der Waals surface area contributed by atoms with Gasteiger partial charge in [-0.15, -0.1) is 0 Å². The molecule has 8 heteroatoms. The summed E-state index contributed by atoms with van der Waals surface area (Å²) in [7, 11) is 0. The maximum Gasteiger partial charge on any atom is 0.266 e. The smallest absolute Gasteiger partial charge is 0.266 e. The van der Waals surface area contributed by atoms with Gasteiger partial charge in [0.05, 0.1) is 16.4 Å². The number of hydrogen-bond acceptors (Lipinski definition) is 5. The van der Waals surface area contributed by atoms with E-state index in [1.807, 2.05) is 49.4 Å². The van der Waals surface area contributed by atoms with Gasteiger partial charge in [0, 0.05) is 10.6 Å². The van der Waals surface area contributed by atoms with Crippen molar-refractivity contribution >= 4 is 46.4 Å². The molecule has 0 aliphatic carbocycles. The highest BCUT2D eigenvalue weighted by molar-refractivity contribution is 6.36. The monoisotopic (exact) mass is 518 g/mol. The van der Waals surface area contributed by atoms with Crippen molar-refractivity contribution in [2.75, 3.05) is 9.96 Å². The Morgan fingerprint density at radius 2 is 1.56 bits per heavy atom. The van der Waals surface area contributed by atoms with E-state index >= 15 is 0 Å². The first kappa shape index (κ1) is 22.9. The first-order valence-electron chi connectivity index (χ1n) is 11.4. The van der Waals surface area contributed by atoms with Gasteiger partial charge in [-0.2, -0.15) is 0 Å². The Morgan fingerprint density at radius 1 is 0.806 bits per heavy atom. The minimum Gasteiger partial charge on any atom is -0.459 e. The predicted octanol–water partition coefficient (Wildman–Crippen LogP) is 6.61. The van der Waals surface area contributed by atoms with Crippen molar-refractivity contribution in [2.24, 2.45) is 5.92 Å². The van der Waals surface area contributed by atoms with E-state index in [0.717, 1.165) is 5.56 Å². The molecule has 2 saturated heterocycles. The van der Waals surface area contributed by atoms with Crippen molar-refractivity contribution in [1.29, 1.82) is 0 Å². The fourth-order valence-electron chi connectivity index (χ4n) is 4.80. The number of carbonyl (C=O) groups excluding carboxylic acids is 2. The molecule has 36 heavy (non-hydrogen) atoms. The molecule has 2 fully saturated rings. The number of amides is 2. The molecule has 3 atom stereocenters. The Labute approximate surface area is 217 Å². The Balaban J connectivity index is 1.42. The zero-order valence-electron chi connectivity index (χ0n) is 19.1. The first-order chi connectivity index (χ1) is 17.4. The molecule has 1 aromatic heterocycles. The SMILES string of the molecule is Cc1ccc(N2C(=O)[C@@H]3[C@H](ON(c4ccccc4)[C@H]3c3ccc(-c4ccc(Cl)cc4Cl)o3)C2=O)cc1. The van der Waals surface area contributed by atoms with Crippen LogP contribution in [0.3, 0.4) is 0 Å². The number of furan rings is 1. The summed E-state index contributed by atoms with van der Waals surface area (Å²) in [4.78, 5) is 34.5. The average Bonchev–Trinajstić information content (AvgIpc) is 3.56. The van der Waals surface area contributed by atoms with Gasteiger partial charge in [0.1, 0.15) is 23.5 Å². The average molecular weight is 519 g/mol. The van der Waals surface area contributed by atoms with Crippen molar-refractivity contribution in [3.63, 3.8) is 0 Å². The molecule has 6 nitrogen and oxygen atoms in total. The molecule has 4 aromatic rings. The van der Waals surface area contributed by atoms with E-state index in [2.05, 4.69) is 0 Å². The van der Waals surface area contributed by atoms with Gasteiger partial charge < -0.3 is 4.42 Å². The summed E-state index contributed by atoms with van der Waals surface area (Å²) >= 11 is 12.5. The van der Waals surface area contributed by atoms with Crippen LogP contribution < -0.4 is 9.96 Å². The predicted molar refractivity (Wildman–Crippen MR) is 138 cm³/mol. The second-order valence-corrected chi connectivity index (χ2v) is 9.68. The number of para-hydroxylation sites is 1. The number of hydrogen-bond donors (Lipinski definition) is 0. The number of carbonyl (C=O) groups is 2. The summed E-state index contributed by atoms with van der Waals surface area (Å²) in [6.07, 6.45) is -0.975. The number of anilines is 2. The summed E-state index contributed by atoms with van der Waals surface area (Å²) in [5, 5.41) is 2.56. The molecule has 0 radical (unpaired) electrons. The fourth-order valence-corrected chi connectivity index (χ4v) is 5.30. The number of halogens is 2. The highest BCUT2D eigenvalue weighted by Crippen LogP contribution is 2.48. The quantitative estimate of drug-likeness (QED) is 0.284. The molecule has 2 aliphatic rings. The summed E-state index contributed by atoms with van der Waals surface area (Å²) in [6.45, 7) is 1.95. The largest absolute Gasteiger partial charge is 0.459 e. The normalized spacial score (nSPS) is 21.4. The van der Waals surface area contributed by atoms with Gasteiger partial charge in [-0.25, -0.2) is 9.96 Å². The maximum atomic E-state index is 13.7. The number of fused-ring (bicyclic) bond motifs is 1. The van der Waals surface area contributed by atoms with E-state index in [4.69, 9.17) is 32.5 Å². The Bertz CT molecular complexity index is 1470. The van der Waals surface area contributed by atoms with Crippen molar-refractivity contribution in [3.8, 4) is 11.3 Å². The Kier molecular flexibility index (Phi) is 5.60. The lowest BCUT2D eigenvalue weighted by molar-refractivity contribution is -0.126. The second-order valence-electron chi connectivity index (χ2n) is 8.83. The van der Waals surface area contributed by atoms with Crippen molar-refractivity contribution in [1.82, 2.24) is 0 Å². The van der Waals surface area contributed by atoms with Gasteiger partial charge in [0.2, 0.25) is 5.91 Å². The minimum atomic E-state index is -0.975. The number of aryl methyl sites for hydroxylation is 1. The van der Waals surface area contributed by atoms with Gasteiger partial charge in [-0.1, -0.05) is 59.1 Å². The van der Waals surface area contributed by atoms with Crippen LogP contribution in [0.4, 0.5) is 11.4 Å². The van der Waals surface area contributed by atoms with Crippen LogP contribution in [0.1, 0.15) is 17.4 Å². The van der Waals surface area contributed by atoms with Gasteiger partial charge in [-0.3, -0.25) is 14.4 Å². The van der Waals surface area contributed by atoms with E-state index in [0.29, 0.717) is 38.5 Å². The topological polar surface area (TPSA) is 63.0 Å². The van der Waals surface area contributed by atoms with E-state index in [9.17, 15) is 9.59 Å². The summed E-state index contributed by atoms with van der Waals surface area (Å²) in [5.74, 6) is -0.516. The number of benzene rings is 3. The number of hydroxylamine groups is 1. The molecule has 0 bridgehead atoms. The molecule has 0 spiro atoms. The second kappa shape index (κ2) is 8.82. The van der Waals surface area contributed by atoms with E-state index in [1.54, 1.807) is 47.5 Å². The fraction of sp³-hybridized carbons (Fsp3) is 0.143. The lowest BCUT2D eigenvalue weighted by Gasteiger charge is -2.27. The third-order valence-corrected chi connectivity index (χ3v) is 7.08. The van der Waals surface area contributed by atoms with E-state index < -0.39 is 24.0 Å². The number of nitrogens with zero attached hydrogens (tertiary/aromatic N) is 2.